The van der Waals surface area contributed by atoms with Crippen molar-refractivity contribution in [1.82, 2.24) is 0 Å². The molecule has 18 heavy (non-hydrogen) atoms. The number of hydrogen-bond donors (Lipinski definition) is 1. The van der Waals surface area contributed by atoms with Crippen molar-refractivity contribution in [3.63, 3.8) is 0 Å². The van der Waals surface area contributed by atoms with Gasteiger partial charge in [-0.2, -0.15) is 0 Å². The molecule has 0 amide bonds. The first-order valence-corrected chi connectivity index (χ1v) is 6.56. The highest BCUT2D eigenvalue weighted by Gasteiger charge is 2.19. The van der Waals surface area contributed by atoms with Crippen molar-refractivity contribution >= 4 is 23.7 Å². The van der Waals surface area contributed by atoms with E-state index in [9.17, 15) is 9.59 Å². The van der Waals surface area contributed by atoms with E-state index in [-0.39, 0.29) is 0 Å². The summed E-state index contributed by atoms with van der Waals surface area (Å²) >= 11 is 1.28. The highest BCUT2D eigenvalue weighted by Crippen LogP contribution is 2.24. The van der Waals surface area contributed by atoms with Gasteiger partial charge in [-0.05, 0) is 19.4 Å². The van der Waals surface area contributed by atoms with Gasteiger partial charge in [-0.15, -0.1) is 11.8 Å². The van der Waals surface area contributed by atoms with Gasteiger partial charge in [-0.25, -0.2) is 4.79 Å². The molecule has 1 N–H and O–H groups in total. The Hall–Kier alpha value is -1.43. The van der Waals surface area contributed by atoms with Gasteiger partial charge in [-0.3, -0.25) is 4.79 Å². The fourth-order valence-corrected chi connectivity index (χ4v) is 2.36. The van der Waals surface area contributed by atoms with Crippen molar-refractivity contribution in [2.24, 2.45) is 0 Å². The minimum atomic E-state index is -0.834. The zero-order valence-corrected chi connectivity index (χ0v) is 11.4. The zero-order valence-electron chi connectivity index (χ0n) is 10.6. The SMILES string of the molecule is CCC(SCc1cc(C(=O)OC)c(C)o1)C(=O)O. The summed E-state index contributed by atoms with van der Waals surface area (Å²) in [6, 6.07) is 1.60. The van der Waals surface area contributed by atoms with Gasteiger partial charge in [0.15, 0.2) is 0 Å². The van der Waals surface area contributed by atoms with Crippen molar-refractivity contribution in [3.8, 4) is 0 Å². The lowest BCUT2D eigenvalue weighted by Crippen LogP contribution is -2.14. The maximum absolute atomic E-state index is 11.4. The number of carbonyl (C=O) groups excluding carboxylic acids is 1. The molecule has 5 nitrogen and oxygen atoms in total. The molecule has 0 saturated heterocycles. The first-order chi connectivity index (χ1) is 8.49. The standard InChI is InChI=1S/C12H16O5S/c1-4-10(11(13)14)18-6-8-5-9(7(2)17-8)12(15)16-3/h5,10H,4,6H2,1-3H3,(H,13,14). The Kier molecular flexibility index (Phi) is 5.27. The summed E-state index contributed by atoms with van der Waals surface area (Å²) in [6.45, 7) is 3.49. The largest absolute Gasteiger partial charge is 0.480 e. The first-order valence-electron chi connectivity index (χ1n) is 5.51. The predicted molar refractivity (Wildman–Crippen MR) is 67.8 cm³/mol. The van der Waals surface area contributed by atoms with Crippen LogP contribution in [0, 0.1) is 6.92 Å². The average molecular weight is 272 g/mol. The van der Waals surface area contributed by atoms with E-state index < -0.39 is 17.2 Å². The van der Waals surface area contributed by atoms with Crippen LogP contribution in [0.2, 0.25) is 0 Å². The second-order valence-corrected chi connectivity index (χ2v) is 4.91. The maximum Gasteiger partial charge on any atom is 0.341 e. The number of carboxylic acid groups (broad SMARTS) is 1. The summed E-state index contributed by atoms with van der Waals surface area (Å²) < 4.78 is 10.0. The molecule has 0 aliphatic carbocycles. The number of ether oxygens (including phenoxy) is 1. The van der Waals surface area contributed by atoms with E-state index in [0.717, 1.165) is 0 Å². The number of aryl methyl sites for hydroxylation is 1. The molecule has 0 saturated carbocycles. The van der Waals surface area contributed by atoms with Crippen LogP contribution >= 0.6 is 11.8 Å². The van der Waals surface area contributed by atoms with Gasteiger partial charge in [0, 0.05) is 0 Å². The highest BCUT2D eigenvalue weighted by molar-refractivity contribution is 7.99. The molecule has 0 radical (unpaired) electrons. The number of carboxylic acids is 1. The minimum Gasteiger partial charge on any atom is -0.480 e. The van der Waals surface area contributed by atoms with Crippen LogP contribution in [0.1, 0.15) is 35.2 Å². The molecule has 1 rings (SSSR count). The number of esters is 1. The molecule has 1 aromatic heterocycles. The Morgan fingerprint density at radius 1 is 1.56 bits per heavy atom. The molecule has 0 bridgehead atoms. The van der Waals surface area contributed by atoms with Crippen LogP contribution in [-0.2, 0) is 15.3 Å². The minimum absolute atomic E-state index is 0.386. The van der Waals surface area contributed by atoms with E-state index in [4.69, 9.17) is 9.52 Å². The van der Waals surface area contributed by atoms with E-state index in [1.165, 1.54) is 18.9 Å². The smallest absolute Gasteiger partial charge is 0.341 e. The van der Waals surface area contributed by atoms with Crippen LogP contribution in [0.25, 0.3) is 0 Å². The predicted octanol–water partition coefficient (Wildman–Crippen LogP) is 2.47. The molecule has 1 aromatic rings. The van der Waals surface area contributed by atoms with Gasteiger partial charge >= 0.3 is 11.9 Å². The number of rotatable bonds is 6. The third-order valence-electron chi connectivity index (χ3n) is 2.45. The first kappa shape index (κ1) is 14.6. The zero-order chi connectivity index (χ0) is 13.7. The normalized spacial score (nSPS) is 12.2. The lowest BCUT2D eigenvalue weighted by atomic mass is 10.2. The highest BCUT2D eigenvalue weighted by atomic mass is 32.2. The summed E-state index contributed by atoms with van der Waals surface area (Å²) in [5.74, 6) is 0.206. The van der Waals surface area contributed by atoms with Crippen molar-refractivity contribution < 1.29 is 23.8 Å². The fourth-order valence-electron chi connectivity index (χ4n) is 1.47. The van der Waals surface area contributed by atoms with Crippen LogP contribution in [0.4, 0.5) is 0 Å². The number of methoxy groups -OCH3 is 1. The van der Waals surface area contributed by atoms with E-state index in [2.05, 4.69) is 4.74 Å². The fraction of sp³-hybridized carbons (Fsp3) is 0.500. The third kappa shape index (κ3) is 3.53. The molecule has 1 atom stereocenters. The molecule has 0 aliphatic rings. The van der Waals surface area contributed by atoms with Crippen LogP contribution in [0.5, 0.6) is 0 Å². The number of hydrogen-bond acceptors (Lipinski definition) is 5. The van der Waals surface area contributed by atoms with Gasteiger partial charge < -0.3 is 14.3 Å². The average Bonchev–Trinajstić information content (AvgIpc) is 2.70. The summed E-state index contributed by atoms with van der Waals surface area (Å²) in [5, 5.41) is 8.45. The third-order valence-corrected chi connectivity index (χ3v) is 3.84. The lowest BCUT2D eigenvalue weighted by molar-refractivity contribution is -0.136. The van der Waals surface area contributed by atoms with Crippen LogP contribution in [-0.4, -0.2) is 29.4 Å². The Morgan fingerprint density at radius 3 is 2.72 bits per heavy atom. The van der Waals surface area contributed by atoms with Gasteiger partial charge in [0.1, 0.15) is 22.3 Å². The maximum atomic E-state index is 11.4. The van der Waals surface area contributed by atoms with Crippen molar-refractivity contribution in [2.75, 3.05) is 7.11 Å². The summed E-state index contributed by atoms with van der Waals surface area (Å²) in [5.41, 5.74) is 0.386. The molecule has 0 fully saturated rings. The van der Waals surface area contributed by atoms with Crippen molar-refractivity contribution in [2.45, 2.75) is 31.3 Å². The lowest BCUT2D eigenvalue weighted by Gasteiger charge is -2.07. The quantitative estimate of drug-likeness (QED) is 0.802. The van der Waals surface area contributed by atoms with Gasteiger partial charge in [-0.1, -0.05) is 6.92 Å². The van der Waals surface area contributed by atoms with Gasteiger partial charge in [0.05, 0.1) is 12.9 Å². The van der Waals surface area contributed by atoms with Crippen molar-refractivity contribution in [3.05, 3.63) is 23.2 Å². The number of furan rings is 1. The molecule has 0 aromatic carbocycles. The van der Waals surface area contributed by atoms with Crippen LogP contribution in [0.15, 0.2) is 10.5 Å². The Bertz CT molecular complexity index is 438. The van der Waals surface area contributed by atoms with Crippen LogP contribution in [0.3, 0.4) is 0 Å². The Morgan fingerprint density at radius 2 is 2.22 bits per heavy atom. The molecule has 6 heteroatoms. The van der Waals surface area contributed by atoms with Crippen LogP contribution < -0.4 is 0 Å². The summed E-state index contributed by atoms with van der Waals surface area (Å²) in [7, 11) is 1.31. The Labute approximate surface area is 109 Å². The monoisotopic (exact) mass is 272 g/mol. The van der Waals surface area contributed by atoms with E-state index >= 15 is 0 Å². The summed E-state index contributed by atoms with van der Waals surface area (Å²) in [6.07, 6.45) is 0.545. The van der Waals surface area contributed by atoms with E-state index in [0.29, 0.717) is 29.3 Å². The summed E-state index contributed by atoms with van der Waals surface area (Å²) in [4.78, 5) is 22.2. The van der Waals surface area contributed by atoms with Gasteiger partial charge in [0.25, 0.3) is 0 Å². The molecule has 0 aliphatic heterocycles. The molecule has 0 spiro atoms. The molecular weight excluding hydrogens is 256 g/mol. The van der Waals surface area contributed by atoms with Crippen molar-refractivity contribution in [1.29, 1.82) is 0 Å². The molecule has 1 heterocycles. The molecule has 100 valence electrons. The topological polar surface area (TPSA) is 76.7 Å². The second kappa shape index (κ2) is 6.49. The van der Waals surface area contributed by atoms with Gasteiger partial charge in [0.2, 0.25) is 0 Å². The van der Waals surface area contributed by atoms with E-state index in [1.54, 1.807) is 13.0 Å². The van der Waals surface area contributed by atoms with E-state index in [1.807, 2.05) is 6.92 Å². The number of thioether (sulfide) groups is 1. The number of carbonyl (C=O) groups is 2. The number of aliphatic carboxylic acids is 1. The Balaban J connectivity index is 2.69. The molecular formula is C12H16O5S. The molecule has 1 unspecified atom stereocenters. The second-order valence-electron chi connectivity index (χ2n) is 3.72.